The highest BCUT2D eigenvalue weighted by molar-refractivity contribution is 7.11. The Bertz CT molecular complexity index is 816. The maximum atomic E-state index is 12.1. The Labute approximate surface area is 141 Å². The second-order valence-electron chi connectivity index (χ2n) is 4.75. The number of aryl methyl sites for hydroxylation is 1. The fourth-order valence-electron chi connectivity index (χ4n) is 1.80. The zero-order valence-corrected chi connectivity index (χ0v) is 13.6. The molecule has 0 radical (unpaired) electrons. The van der Waals surface area contributed by atoms with Gasteiger partial charge < -0.3 is 10.6 Å². The zero-order chi connectivity index (χ0) is 17.7. The van der Waals surface area contributed by atoms with Crippen molar-refractivity contribution in [1.82, 2.24) is 10.3 Å². The average molecular weight is 346 g/mol. The highest BCUT2D eigenvalue weighted by Crippen LogP contribution is 2.23. The van der Waals surface area contributed by atoms with E-state index >= 15 is 0 Å². The third-order valence-corrected chi connectivity index (χ3v) is 3.84. The van der Waals surface area contributed by atoms with E-state index in [1.54, 1.807) is 19.1 Å². The maximum absolute atomic E-state index is 12.1. The van der Waals surface area contributed by atoms with E-state index < -0.39 is 16.7 Å². The Kier molecular flexibility index (Phi) is 5.38. The van der Waals surface area contributed by atoms with Crippen LogP contribution in [0.2, 0.25) is 0 Å². The summed E-state index contributed by atoms with van der Waals surface area (Å²) in [5.41, 5.74) is 0.748. The highest BCUT2D eigenvalue weighted by atomic mass is 32.1. The molecule has 1 heterocycles. The molecule has 0 spiro atoms. The summed E-state index contributed by atoms with van der Waals surface area (Å²) in [5.74, 6) is -0.947. The Morgan fingerprint density at radius 1 is 1.42 bits per heavy atom. The number of carbonyl (C=O) groups excluding carboxylic acids is 2. The molecule has 0 aliphatic carbocycles. The largest absolute Gasteiger partial charge is 0.347 e. The third-order valence-electron chi connectivity index (χ3n) is 3.00. The van der Waals surface area contributed by atoms with Crippen LogP contribution in [0.3, 0.4) is 0 Å². The van der Waals surface area contributed by atoms with Gasteiger partial charge in [0.1, 0.15) is 5.69 Å². The first kappa shape index (κ1) is 17.3. The van der Waals surface area contributed by atoms with Crippen LogP contribution in [-0.4, -0.2) is 28.3 Å². The van der Waals surface area contributed by atoms with E-state index in [0.29, 0.717) is 12.1 Å². The van der Waals surface area contributed by atoms with Gasteiger partial charge in [0.15, 0.2) is 5.01 Å². The molecule has 0 aliphatic heterocycles. The standard InChI is InChI=1S/C15H14N4O4S/c1-3-6-16-14(21)15-18-11(8-24-15)13(20)17-10-5-4-9(2)12(7-10)19(22)23/h3-5,7-8H,1,6H2,2H3,(H,16,21)(H,17,20). The predicted octanol–water partition coefficient (Wildman–Crippen LogP) is 2.53. The number of nitro groups is 1. The number of nitrogens with zero attached hydrogens (tertiary/aromatic N) is 2. The second-order valence-corrected chi connectivity index (χ2v) is 5.61. The summed E-state index contributed by atoms with van der Waals surface area (Å²) in [6, 6.07) is 4.38. The zero-order valence-electron chi connectivity index (χ0n) is 12.7. The van der Waals surface area contributed by atoms with E-state index in [-0.39, 0.29) is 22.1 Å². The lowest BCUT2D eigenvalue weighted by Crippen LogP contribution is -2.23. The summed E-state index contributed by atoms with van der Waals surface area (Å²) < 4.78 is 0. The van der Waals surface area contributed by atoms with Crippen LogP contribution in [0.5, 0.6) is 0 Å². The van der Waals surface area contributed by atoms with Crippen LogP contribution in [-0.2, 0) is 0 Å². The molecule has 2 aromatic rings. The molecular formula is C15H14N4O4S. The molecule has 0 bridgehead atoms. The summed E-state index contributed by atoms with van der Waals surface area (Å²) in [4.78, 5) is 38.3. The molecular weight excluding hydrogens is 332 g/mol. The minimum atomic E-state index is -0.549. The fourth-order valence-corrected chi connectivity index (χ4v) is 2.52. The van der Waals surface area contributed by atoms with Crippen LogP contribution < -0.4 is 10.6 Å². The summed E-state index contributed by atoms with van der Waals surface area (Å²) >= 11 is 1.03. The van der Waals surface area contributed by atoms with Gasteiger partial charge in [-0.3, -0.25) is 19.7 Å². The molecule has 24 heavy (non-hydrogen) atoms. The van der Waals surface area contributed by atoms with E-state index in [2.05, 4.69) is 22.2 Å². The number of aromatic nitrogens is 1. The van der Waals surface area contributed by atoms with Crippen molar-refractivity contribution in [3.63, 3.8) is 0 Å². The van der Waals surface area contributed by atoms with Gasteiger partial charge in [-0.15, -0.1) is 17.9 Å². The number of nitrogens with one attached hydrogen (secondary N) is 2. The van der Waals surface area contributed by atoms with Crippen LogP contribution in [0.15, 0.2) is 36.2 Å². The topological polar surface area (TPSA) is 114 Å². The SMILES string of the molecule is C=CCNC(=O)c1nc(C(=O)Nc2ccc(C)c([N+](=O)[O-])c2)cs1. The predicted molar refractivity (Wildman–Crippen MR) is 90.4 cm³/mol. The van der Waals surface area contributed by atoms with Gasteiger partial charge in [0.05, 0.1) is 4.92 Å². The smallest absolute Gasteiger partial charge is 0.280 e. The highest BCUT2D eigenvalue weighted by Gasteiger charge is 2.17. The maximum Gasteiger partial charge on any atom is 0.280 e. The van der Waals surface area contributed by atoms with E-state index in [1.165, 1.54) is 17.5 Å². The first-order chi connectivity index (χ1) is 11.4. The molecule has 9 heteroatoms. The summed E-state index contributed by atoms with van der Waals surface area (Å²) in [7, 11) is 0. The molecule has 0 saturated carbocycles. The monoisotopic (exact) mass is 346 g/mol. The van der Waals surface area contributed by atoms with E-state index in [9.17, 15) is 19.7 Å². The third kappa shape index (κ3) is 4.02. The van der Waals surface area contributed by atoms with Crippen LogP contribution >= 0.6 is 11.3 Å². The number of carbonyl (C=O) groups is 2. The van der Waals surface area contributed by atoms with Gasteiger partial charge in [-0.25, -0.2) is 4.98 Å². The van der Waals surface area contributed by atoms with Crippen LogP contribution in [0.4, 0.5) is 11.4 Å². The number of anilines is 1. The van der Waals surface area contributed by atoms with Gasteiger partial charge in [0.25, 0.3) is 17.5 Å². The van der Waals surface area contributed by atoms with Gasteiger partial charge in [-0.2, -0.15) is 0 Å². The Hall–Kier alpha value is -3.07. The Balaban J connectivity index is 2.12. The molecule has 2 N–H and O–H groups in total. The summed E-state index contributed by atoms with van der Waals surface area (Å²) in [5, 5.41) is 17.6. The molecule has 8 nitrogen and oxygen atoms in total. The van der Waals surface area contributed by atoms with Crippen molar-refractivity contribution in [2.24, 2.45) is 0 Å². The molecule has 0 saturated heterocycles. The number of hydrogen-bond acceptors (Lipinski definition) is 6. The lowest BCUT2D eigenvalue weighted by molar-refractivity contribution is -0.385. The molecule has 2 amide bonds. The van der Waals surface area contributed by atoms with Gasteiger partial charge in [0.2, 0.25) is 0 Å². The number of thiazole rings is 1. The lowest BCUT2D eigenvalue weighted by Gasteiger charge is -2.04. The Morgan fingerprint density at radius 3 is 2.83 bits per heavy atom. The normalized spacial score (nSPS) is 10.0. The van der Waals surface area contributed by atoms with Gasteiger partial charge in [-0.1, -0.05) is 12.1 Å². The van der Waals surface area contributed by atoms with Gasteiger partial charge >= 0.3 is 0 Å². The molecule has 0 atom stereocenters. The van der Waals surface area contributed by atoms with Gasteiger partial charge in [-0.05, 0) is 13.0 Å². The van der Waals surface area contributed by atoms with Crippen molar-refractivity contribution in [2.45, 2.75) is 6.92 Å². The van der Waals surface area contributed by atoms with Crippen molar-refractivity contribution in [2.75, 3.05) is 11.9 Å². The van der Waals surface area contributed by atoms with Crippen molar-refractivity contribution in [3.05, 3.63) is 62.6 Å². The van der Waals surface area contributed by atoms with Crippen LogP contribution in [0.1, 0.15) is 25.9 Å². The average Bonchev–Trinajstić information content (AvgIpc) is 3.04. The molecule has 2 rings (SSSR count). The molecule has 1 aromatic heterocycles. The number of benzene rings is 1. The van der Waals surface area contributed by atoms with E-state index in [1.807, 2.05) is 0 Å². The number of nitro benzene ring substituents is 1. The minimum Gasteiger partial charge on any atom is -0.347 e. The fraction of sp³-hybridized carbons (Fsp3) is 0.133. The molecule has 0 aliphatic rings. The quantitative estimate of drug-likeness (QED) is 0.474. The molecule has 0 unspecified atom stereocenters. The first-order valence-corrected chi connectivity index (χ1v) is 7.71. The van der Waals surface area contributed by atoms with Crippen molar-refractivity contribution in [3.8, 4) is 0 Å². The second kappa shape index (κ2) is 7.47. The summed E-state index contributed by atoms with van der Waals surface area (Å²) in [6.45, 7) is 5.40. The van der Waals surface area contributed by atoms with E-state index in [4.69, 9.17) is 0 Å². The van der Waals surface area contributed by atoms with Crippen molar-refractivity contribution < 1.29 is 14.5 Å². The number of hydrogen-bond donors (Lipinski definition) is 2. The number of amides is 2. The van der Waals surface area contributed by atoms with Crippen LogP contribution in [0, 0.1) is 17.0 Å². The number of rotatable bonds is 6. The van der Waals surface area contributed by atoms with Crippen molar-refractivity contribution >= 4 is 34.5 Å². The molecule has 1 aromatic carbocycles. The summed E-state index contributed by atoms with van der Waals surface area (Å²) in [6.07, 6.45) is 1.53. The van der Waals surface area contributed by atoms with Crippen molar-refractivity contribution in [1.29, 1.82) is 0 Å². The minimum absolute atomic E-state index is 0.0620. The van der Waals surface area contributed by atoms with E-state index in [0.717, 1.165) is 11.3 Å². The first-order valence-electron chi connectivity index (χ1n) is 6.83. The Morgan fingerprint density at radius 2 is 2.17 bits per heavy atom. The molecule has 0 fully saturated rings. The van der Waals surface area contributed by atoms with Crippen LogP contribution in [0.25, 0.3) is 0 Å². The lowest BCUT2D eigenvalue weighted by atomic mass is 10.2. The molecule has 124 valence electrons. The van der Waals surface area contributed by atoms with Gasteiger partial charge in [0, 0.05) is 29.2 Å².